The van der Waals surface area contributed by atoms with Crippen LogP contribution in [0.15, 0.2) is 6.07 Å². The Morgan fingerprint density at radius 3 is 2.72 bits per heavy atom. The molecule has 0 aromatic carbocycles. The number of anilines is 1. The SMILES string of the molecule is CCNc1nc(CS(C)(=O)=O)nc2sc(C)cc12. The van der Waals surface area contributed by atoms with Crippen molar-refractivity contribution in [3.8, 4) is 0 Å². The molecular weight excluding hydrogens is 270 g/mol. The third-order valence-corrected chi connectivity index (χ3v) is 4.02. The Kier molecular flexibility index (Phi) is 3.54. The van der Waals surface area contributed by atoms with Gasteiger partial charge in [0.2, 0.25) is 0 Å². The Bertz CT molecular complexity index is 677. The number of aromatic nitrogens is 2. The maximum absolute atomic E-state index is 11.3. The zero-order valence-corrected chi connectivity index (χ0v) is 12.2. The van der Waals surface area contributed by atoms with Crippen LogP contribution in [0.25, 0.3) is 10.2 Å². The molecule has 0 saturated heterocycles. The van der Waals surface area contributed by atoms with E-state index in [1.54, 1.807) is 11.3 Å². The van der Waals surface area contributed by atoms with Crippen LogP contribution in [0, 0.1) is 6.92 Å². The summed E-state index contributed by atoms with van der Waals surface area (Å²) in [5.41, 5.74) is 0. The van der Waals surface area contributed by atoms with Crippen molar-refractivity contribution < 1.29 is 8.42 Å². The van der Waals surface area contributed by atoms with Gasteiger partial charge in [0.1, 0.15) is 22.2 Å². The summed E-state index contributed by atoms with van der Waals surface area (Å²) in [6, 6.07) is 2.02. The first-order valence-corrected chi connectivity index (χ1v) is 8.45. The van der Waals surface area contributed by atoms with E-state index in [0.29, 0.717) is 11.6 Å². The average Bonchev–Trinajstić information content (AvgIpc) is 2.56. The van der Waals surface area contributed by atoms with Crippen LogP contribution in [0.2, 0.25) is 0 Å². The lowest BCUT2D eigenvalue weighted by molar-refractivity contribution is 0.600. The van der Waals surface area contributed by atoms with Crippen LogP contribution in [-0.2, 0) is 15.6 Å². The summed E-state index contributed by atoms with van der Waals surface area (Å²) >= 11 is 1.55. The molecule has 0 atom stereocenters. The van der Waals surface area contributed by atoms with Crippen molar-refractivity contribution >= 4 is 37.2 Å². The van der Waals surface area contributed by atoms with Gasteiger partial charge < -0.3 is 5.32 Å². The number of nitrogens with one attached hydrogen (secondary N) is 1. The van der Waals surface area contributed by atoms with Crippen LogP contribution in [-0.4, -0.2) is 31.2 Å². The highest BCUT2D eigenvalue weighted by Crippen LogP contribution is 2.28. The molecule has 5 nitrogen and oxygen atoms in total. The molecule has 0 radical (unpaired) electrons. The van der Waals surface area contributed by atoms with Crippen LogP contribution >= 0.6 is 11.3 Å². The predicted octanol–water partition coefficient (Wildman–Crippen LogP) is 1.98. The van der Waals surface area contributed by atoms with Crippen molar-refractivity contribution in [2.24, 2.45) is 0 Å². The van der Waals surface area contributed by atoms with Crippen molar-refractivity contribution in [2.75, 3.05) is 18.1 Å². The standard InChI is InChI=1S/C11H15N3O2S2/c1-4-12-10-8-5-7(2)17-11(8)14-9(13-10)6-18(3,15)16/h5H,4,6H2,1-3H3,(H,12,13,14). The van der Waals surface area contributed by atoms with E-state index in [4.69, 9.17) is 0 Å². The van der Waals surface area contributed by atoms with Crippen LogP contribution < -0.4 is 5.32 Å². The lowest BCUT2D eigenvalue weighted by Crippen LogP contribution is -2.08. The second-order valence-corrected chi connectivity index (χ2v) is 7.54. The molecule has 2 aromatic heterocycles. The van der Waals surface area contributed by atoms with Crippen molar-refractivity contribution in [2.45, 2.75) is 19.6 Å². The minimum atomic E-state index is -3.12. The predicted molar refractivity (Wildman–Crippen MR) is 74.9 cm³/mol. The Labute approximate surface area is 110 Å². The van der Waals surface area contributed by atoms with Crippen LogP contribution in [0.4, 0.5) is 5.82 Å². The molecule has 0 bridgehead atoms. The number of nitrogens with zero attached hydrogens (tertiary/aromatic N) is 2. The van der Waals surface area contributed by atoms with E-state index in [2.05, 4.69) is 15.3 Å². The van der Waals surface area contributed by atoms with Gasteiger partial charge in [0.25, 0.3) is 0 Å². The molecule has 7 heteroatoms. The molecule has 2 heterocycles. The molecular formula is C11H15N3O2S2. The zero-order chi connectivity index (χ0) is 13.3. The molecule has 0 fully saturated rings. The van der Waals surface area contributed by atoms with Crippen LogP contribution in [0.5, 0.6) is 0 Å². The van der Waals surface area contributed by atoms with E-state index < -0.39 is 9.84 Å². The Balaban J connectivity index is 2.56. The fraction of sp³-hybridized carbons (Fsp3) is 0.455. The Morgan fingerprint density at radius 2 is 2.11 bits per heavy atom. The van der Waals surface area contributed by atoms with Gasteiger partial charge in [0.05, 0.1) is 5.39 Å². The highest BCUT2D eigenvalue weighted by atomic mass is 32.2. The van der Waals surface area contributed by atoms with Gasteiger partial charge in [-0.3, -0.25) is 0 Å². The molecule has 0 aliphatic heterocycles. The molecule has 0 unspecified atom stereocenters. The van der Waals surface area contributed by atoms with E-state index in [-0.39, 0.29) is 5.75 Å². The summed E-state index contributed by atoms with van der Waals surface area (Å²) in [5.74, 6) is 0.937. The number of rotatable bonds is 4. The number of fused-ring (bicyclic) bond motifs is 1. The third kappa shape index (κ3) is 2.97. The van der Waals surface area contributed by atoms with Gasteiger partial charge in [-0.1, -0.05) is 0 Å². The largest absolute Gasteiger partial charge is 0.370 e. The summed E-state index contributed by atoms with van der Waals surface area (Å²) in [5, 5.41) is 4.11. The fourth-order valence-electron chi connectivity index (χ4n) is 1.69. The van der Waals surface area contributed by atoms with Crippen molar-refractivity contribution in [3.05, 3.63) is 16.8 Å². The highest BCUT2D eigenvalue weighted by Gasteiger charge is 2.13. The topological polar surface area (TPSA) is 72.0 Å². The van der Waals surface area contributed by atoms with Gasteiger partial charge >= 0.3 is 0 Å². The smallest absolute Gasteiger partial charge is 0.154 e. The monoisotopic (exact) mass is 285 g/mol. The Hall–Kier alpha value is -1.21. The summed E-state index contributed by atoms with van der Waals surface area (Å²) in [6.45, 7) is 4.71. The normalized spacial score (nSPS) is 11.9. The quantitative estimate of drug-likeness (QED) is 0.930. The molecule has 2 aromatic rings. The summed E-state index contributed by atoms with van der Waals surface area (Å²) < 4.78 is 22.6. The van der Waals surface area contributed by atoms with E-state index in [1.807, 2.05) is 19.9 Å². The fourth-order valence-corrected chi connectivity index (χ4v) is 3.18. The van der Waals surface area contributed by atoms with Gasteiger partial charge in [0, 0.05) is 17.7 Å². The second-order valence-electron chi connectivity index (χ2n) is 4.16. The van der Waals surface area contributed by atoms with Crippen molar-refractivity contribution in [1.82, 2.24) is 9.97 Å². The summed E-state index contributed by atoms with van der Waals surface area (Å²) in [7, 11) is -3.12. The van der Waals surface area contributed by atoms with Crippen molar-refractivity contribution in [1.29, 1.82) is 0 Å². The van der Waals surface area contributed by atoms with Crippen molar-refractivity contribution in [3.63, 3.8) is 0 Å². The van der Waals surface area contributed by atoms with Gasteiger partial charge in [-0.15, -0.1) is 11.3 Å². The van der Waals surface area contributed by atoms with Crippen LogP contribution in [0.3, 0.4) is 0 Å². The first-order valence-electron chi connectivity index (χ1n) is 5.57. The molecule has 0 aliphatic rings. The molecule has 0 spiro atoms. The highest BCUT2D eigenvalue weighted by molar-refractivity contribution is 7.89. The minimum Gasteiger partial charge on any atom is -0.370 e. The van der Waals surface area contributed by atoms with Gasteiger partial charge in [-0.05, 0) is 19.9 Å². The summed E-state index contributed by atoms with van der Waals surface area (Å²) in [6.07, 6.45) is 1.19. The zero-order valence-electron chi connectivity index (χ0n) is 10.5. The van der Waals surface area contributed by atoms with Crippen LogP contribution in [0.1, 0.15) is 17.6 Å². The molecule has 98 valence electrons. The lowest BCUT2D eigenvalue weighted by Gasteiger charge is -2.06. The van der Waals surface area contributed by atoms with Gasteiger partial charge in [0.15, 0.2) is 9.84 Å². The average molecular weight is 285 g/mol. The summed E-state index contributed by atoms with van der Waals surface area (Å²) in [4.78, 5) is 10.6. The van der Waals surface area contributed by atoms with E-state index in [1.165, 1.54) is 6.26 Å². The molecule has 18 heavy (non-hydrogen) atoms. The van der Waals surface area contributed by atoms with Gasteiger partial charge in [-0.25, -0.2) is 18.4 Å². The second kappa shape index (κ2) is 4.81. The number of aryl methyl sites for hydroxylation is 1. The molecule has 0 aliphatic carbocycles. The van der Waals surface area contributed by atoms with E-state index in [0.717, 1.165) is 21.6 Å². The van der Waals surface area contributed by atoms with E-state index in [9.17, 15) is 8.42 Å². The Morgan fingerprint density at radius 1 is 1.39 bits per heavy atom. The first kappa shape index (κ1) is 13.2. The van der Waals surface area contributed by atoms with E-state index >= 15 is 0 Å². The molecule has 0 amide bonds. The first-order chi connectivity index (χ1) is 8.39. The lowest BCUT2D eigenvalue weighted by atomic mass is 10.3. The molecule has 2 rings (SSSR count). The number of hydrogen-bond acceptors (Lipinski definition) is 6. The molecule has 0 saturated carbocycles. The molecule has 1 N–H and O–H groups in total. The number of hydrogen-bond donors (Lipinski definition) is 1. The minimum absolute atomic E-state index is 0.127. The number of thiophene rings is 1. The van der Waals surface area contributed by atoms with Gasteiger partial charge in [-0.2, -0.15) is 0 Å². The maximum Gasteiger partial charge on any atom is 0.154 e. The number of sulfone groups is 1. The maximum atomic E-state index is 11.3. The third-order valence-electron chi connectivity index (χ3n) is 2.30.